The minimum atomic E-state index is -0.773. The lowest BCUT2D eigenvalue weighted by Gasteiger charge is -2.17. The van der Waals surface area contributed by atoms with Crippen molar-refractivity contribution in [1.29, 1.82) is 0 Å². The van der Waals surface area contributed by atoms with Crippen LogP contribution < -0.4 is 5.32 Å². The molecule has 1 fully saturated rings. The number of hydrogen-bond donors (Lipinski definition) is 2. The average molecular weight is 328 g/mol. The summed E-state index contributed by atoms with van der Waals surface area (Å²) in [4.78, 5) is 24.0. The number of carboxylic acids is 1. The summed E-state index contributed by atoms with van der Waals surface area (Å²) in [6.07, 6.45) is 1.88. The molecule has 0 heterocycles. The number of thioether (sulfide) groups is 1. The summed E-state index contributed by atoms with van der Waals surface area (Å²) in [5.74, 6) is -1.18. The van der Waals surface area contributed by atoms with Crippen LogP contribution in [0.1, 0.15) is 26.2 Å². The number of carbonyl (C=O) groups excluding carboxylic acids is 1. The van der Waals surface area contributed by atoms with Crippen molar-refractivity contribution in [1.82, 2.24) is 5.32 Å². The van der Waals surface area contributed by atoms with Crippen molar-refractivity contribution in [3.8, 4) is 0 Å². The number of carboxylic acid groups (broad SMARTS) is 1. The number of aliphatic carboxylic acids is 1. The fraction of sp³-hybridized carbons (Fsp3) is 0.467. The summed E-state index contributed by atoms with van der Waals surface area (Å²) in [6, 6.07) is 7.37. The van der Waals surface area contributed by atoms with Crippen molar-refractivity contribution in [2.24, 2.45) is 5.92 Å². The van der Waals surface area contributed by atoms with Gasteiger partial charge >= 0.3 is 5.97 Å². The molecule has 4 nitrogen and oxygen atoms in total. The van der Waals surface area contributed by atoms with Crippen molar-refractivity contribution in [2.45, 2.75) is 42.4 Å². The summed E-state index contributed by atoms with van der Waals surface area (Å²) < 4.78 is 0. The van der Waals surface area contributed by atoms with Gasteiger partial charge in [-0.15, -0.1) is 11.8 Å². The number of nitrogens with one attached hydrogen (secondary N) is 1. The van der Waals surface area contributed by atoms with Crippen LogP contribution in [0.15, 0.2) is 29.2 Å². The molecule has 1 unspecified atom stereocenters. The van der Waals surface area contributed by atoms with Gasteiger partial charge in [0.15, 0.2) is 0 Å². The van der Waals surface area contributed by atoms with Crippen molar-refractivity contribution in [3.05, 3.63) is 29.3 Å². The molecule has 0 aromatic heterocycles. The molecule has 1 aromatic carbocycles. The van der Waals surface area contributed by atoms with E-state index in [0.717, 1.165) is 11.3 Å². The van der Waals surface area contributed by atoms with Gasteiger partial charge in [-0.05, 0) is 38.3 Å². The minimum Gasteiger partial charge on any atom is -0.481 e. The monoisotopic (exact) mass is 327 g/mol. The molecule has 1 amide bonds. The van der Waals surface area contributed by atoms with E-state index in [4.69, 9.17) is 16.7 Å². The van der Waals surface area contributed by atoms with Crippen LogP contribution in [0.2, 0.25) is 5.02 Å². The third-order valence-corrected chi connectivity index (χ3v) is 5.26. The molecule has 0 aliphatic heterocycles. The second kappa shape index (κ2) is 7.18. The van der Waals surface area contributed by atoms with Gasteiger partial charge in [-0.25, -0.2) is 0 Å². The third-order valence-electron chi connectivity index (χ3n) is 3.64. The number of halogens is 1. The smallest absolute Gasteiger partial charge is 0.306 e. The zero-order valence-electron chi connectivity index (χ0n) is 11.7. The van der Waals surface area contributed by atoms with E-state index in [-0.39, 0.29) is 23.1 Å². The Labute approximate surface area is 133 Å². The predicted octanol–water partition coefficient (Wildman–Crippen LogP) is 3.19. The van der Waals surface area contributed by atoms with Gasteiger partial charge in [0, 0.05) is 10.9 Å². The molecule has 0 spiro atoms. The summed E-state index contributed by atoms with van der Waals surface area (Å²) in [5.41, 5.74) is 0. The molecular formula is C15H18ClNO3S. The average Bonchev–Trinajstić information content (AvgIpc) is 2.90. The van der Waals surface area contributed by atoms with Crippen molar-refractivity contribution in [2.75, 3.05) is 0 Å². The summed E-state index contributed by atoms with van der Waals surface area (Å²) in [7, 11) is 0. The van der Waals surface area contributed by atoms with Gasteiger partial charge < -0.3 is 10.4 Å². The molecule has 0 bridgehead atoms. The summed E-state index contributed by atoms with van der Waals surface area (Å²) in [6.45, 7) is 1.83. The van der Waals surface area contributed by atoms with E-state index in [1.54, 1.807) is 6.07 Å². The highest BCUT2D eigenvalue weighted by Crippen LogP contribution is 2.31. The zero-order valence-corrected chi connectivity index (χ0v) is 13.3. The first-order chi connectivity index (χ1) is 9.97. The third kappa shape index (κ3) is 4.38. The number of carbonyl (C=O) groups is 2. The van der Waals surface area contributed by atoms with Crippen molar-refractivity contribution < 1.29 is 14.7 Å². The Kier molecular flexibility index (Phi) is 5.53. The first-order valence-electron chi connectivity index (χ1n) is 6.91. The molecule has 1 aromatic rings. The van der Waals surface area contributed by atoms with Crippen LogP contribution >= 0.6 is 23.4 Å². The zero-order chi connectivity index (χ0) is 15.4. The standard InChI is InChI=1S/C15H18ClNO3S/c1-9(21-13-5-3-2-4-12(13)16)14(18)17-11-7-6-10(8-11)15(19)20/h2-5,9-11H,6-8H2,1H3,(H,17,18)(H,19,20)/t9?,10-,11+/m1/s1. The molecule has 3 atom stereocenters. The maximum atomic E-state index is 12.2. The Balaban J connectivity index is 1.86. The fourth-order valence-electron chi connectivity index (χ4n) is 2.44. The number of hydrogen-bond acceptors (Lipinski definition) is 3. The molecule has 1 aliphatic carbocycles. The van der Waals surface area contributed by atoms with Gasteiger partial charge in [-0.1, -0.05) is 23.7 Å². The Hall–Kier alpha value is -1.20. The Morgan fingerprint density at radius 3 is 2.71 bits per heavy atom. The van der Waals surface area contributed by atoms with E-state index in [2.05, 4.69) is 5.32 Å². The number of rotatable bonds is 5. The van der Waals surface area contributed by atoms with Crippen LogP contribution in [0.4, 0.5) is 0 Å². The van der Waals surface area contributed by atoms with Crippen LogP contribution in [-0.4, -0.2) is 28.3 Å². The highest BCUT2D eigenvalue weighted by Gasteiger charge is 2.31. The first-order valence-corrected chi connectivity index (χ1v) is 8.17. The first kappa shape index (κ1) is 16.2. The van der Waals surface area contributed by atoms with Gasteiger partial charge in [0.05, 0.1) is 16.2 Å². The summed E-state index contributed by atoms with van der Waals surface area (Å²) in [5, 5.41) is 12.3. The Morgan fingerprint density at radius 1 is 1.38 bits per heavy atom. The minimum absolute atomic E-state index is 0.0344. The lowest BCUT2D eigenvalue weighted by atomic mass is 10.1. The Bertz CT molecular complexity index is 537. The van der Waals surface area contributed by atoms with E-state index in [0.29, 0.717) is 17.9 Å². The quantitative estimate of drug-likeness (QED) is 0.815. The summed E-state index contributed by atoms with van der Waals surface area (Å²) >= 11 is 7.49. The van der Waals surface area contributed by atoms with Gasteiger partial charge in [0.1, 0.15) is 0 Å². The van der Waals surface area contributed by atoms with Crippen molar-refractivity contribution >= 4 is 35.2 Å². The molecule has 2 N–H and O–H groups in total. The van der Waals surface area contributed by atoms with Crippen LogP contribution in [0.3, 0.4) is 0 Å². The second-order valence-electron chi connectivity index (χ2n) is 5.24. The van der Waals surface area contributed by atoms with E-state index in [1.807, 2.05) is 25.1 Å². The maximum absolute atomic E-state index is 12.2. The van der Waals surface area contributed by atoms with Crippen LogP contribution in [0.25, 0.3) is 0 Å². The molecule has 0 saturated heterocycles. The normalized spacial score (nSPS) is 22.8. The molecule has 2 rings (SSSR count). The molecule has 21 heavy (non-hydrogen) atoms. The highest BCUT2D eigenvalue weighted by atomic mass is 35.5. The molecule has 0 radical (unpaired) electrons. The lowest BCUT2D eigenvalue weighted by Crippen LogP contribution is -2.38. The second-order valence-corrected chi connectivity index (χ2v) is 7.03. The van der Waals surface area contributed by atoms with Gasteiger partial charge in [-0.3, -0.25) is 9.59 Å². The van der Waals surface area contributed by atoms with E-state index < -0.39 is 5.97 Å². The molecule has 1 saturated carbocycles. The van der Waals surface area contributed by atoms with Gasteiger partial charge in [0.2, 0.25) is 5.91 Å². The van der Waals surface area contributed by atoms with Gasteiger partial charge in [0.25, 0.3) is 0 Å². The van der Waals surface area contributed by atoms with E-state index in [1.165, 1.54) is 11.8 Å². The number of amides is 1. The predicted molar refractivity (Wildman–Crippen MR) is 83.7 cm³/mol. The Morgan fingerprint density at radius 2 is 2.10 bits per heavy atom. The molecule has 1 aliphatic rings. The fourth-order valence-corrected chi connectivity index (χ4v) is 3.60. The SMILES string of the molecule is CC(Sc1ccccc1Cl)C(=O)N[C@H]1CC[C@@H](C(=O)O)C1. The van der Waals surface area contributed by atoms with Crippen LogP contribution in [0.5, 0.6) is 0 Å². The van der Waals surface area contributed by atoms with Crippen LogP contribution in [0, 0.1) is 5.92 Å². The van der Waals surface area contributed by atoms with E-state index >= 15 is 0 Å². The highest BCUT2D eigenvalue weighted by molar-refractivity contribution is 8.00. The van der Waals surface area contributed by atoms with E-state index in [9.17, 15) is 9.59 Å². The molecule has 6 heteroatoms. The topological polar surface area (TPSA) is 66.4 Å². The largest absolute Gasteiger partial charge is 0.481 e. The van der Waals surface area contributed by atoms with Gasteiger partial charge in [-0.2, -0.15) is 0 Å². The maximum Gasteiger partial charge on any atom is 0.306 e. The van der Waals surface area contributed by atoms with Crippen molar-refractivity contribution in [3.63, 3.8) is 0 Å². The number of benzene rings is 1. The van der Waals surface area contributed by atoms with Crippen LogP contribution in [-0.2, 0) is 9.59 Å². The molecule has 114 valence electrons. The lowest BCUT2D eigenvalue weighted by molar-refractivity contribution is -0.141. The molecular weight excluding hydrogens is 310 g/mol.